The maximum Gasteiger partial charge on any atom is 0.164 e. The first-order chi connectivity index (χ1) is 24.8. The molecule has 10 aromatic rings. The second kappa shape index (κ2) is 11.4. The van der Waals surface area contributed by atoms with E-state index in [2.05, 4.69) is 108 Å². The molecular formula is C45H28N4O. The molecule has 10 rings (SSSR count). The van der Waals surface area contributed by atoms with E-state index in [1.165, 1.54) is 10.8 Å². The summed E-state index contributed by atoms with van der Waals surface area (Å²) in [4.78, 5) is 15.0. The fourth-order valence-corrected chi connectivity index (χ4v) is 7.15. The Bertz CT molecular complexity index is 2750. The Hall–Kier alpha value is -6.85. The zero-order valence-corrected chi connectivity index (χ0v) is 26.9. The molecule has 0 atom stereocenters. The highest BCUT2D eigenvalue weighted by Crippen LogP contribution is 2.41. The quantitative estimate of drug-likeness (QED) is 0.188. The van der Waals surface area contributed by atoms with Crippen LogP contribution >= 0.6 is 0 Å². The Balaban J connectivity index is 1.21. The predicted octanol–water partition coefficient (Wildman–Crippen LogP) is 11.5. The van der Waals surface area contributed by atoms with Crippen molar-refractivity contribution in [2.24, 2.45) is 0 Å². The molecule has 0 radical (unpaired) electrons. The molecule has 0 aliphatic heterocycles. The lowest BCUT2D eigenvalue weighted by Gasteiger charge is -2.11. The van der Waals surface area contributed by atoms with Gasteiger partial charge in [-0.1, -0.05) is 127 Å². The van der Waals surface area contributed by atoms with Crippen molar-refractivity contribution in [2.75, 3.05) is 0 Å². The van der Waals surface area contributed by atoms with E-state index in [0.717, 1.165) is 66.5 Å². The number of hydrogen-bond donors (Lipinski definition) is 0. The molecule has 0 fully saturated rings. The molecule has 0 bridgehead atoms. The van der Waals surface area contributed by atoms with E-state index in [9.17, 15) is 0 Å². The van der Waals surface area contributed by atoms with Crippen LogP contribution in [0.25, 0.3) is 94.7 Å². The van der Waals surface area contributed by atoms with Crippen molar-refractivity contribution in [3.63, 3.8) is 0 Å². The van der Waals surface area contributed by atoms with E-state index < -0.39 is 0 Å². The van der Waals surface area contributed by atoms with E-state index >= 15 is 0 Å². The highest BCUT2D eigenvalue weighted by atomic mass is 16.3. The Morgan fingerprint density at radius 2 is 0.880 bits per heavy atom. The van der Waals surface area contributed by atoms with Crippen LogP contribution < -0.4 is 0 Å². The maximum atomic E-state index is 6.78. The Kier molecular flexibility index (Phi) is 6.42. The molecule has 0 amide bonds. The number of fused-ring (bicyclic) bond motifs is 6. The maximum absolute atomic E-state index is 6.78. The summed E-state index contributed by atoms with van der Waals surface area (Å²) in [6, 6.07) is 58.5. The molecule has 0 saturated heterocycles. The van der Waals surface area contributed by atoms with Crippen molar-refractivity contribution in [1.82, 2.24) is 19.5 Å². The minimum Gasteiger partial charge on any atom is -0.456 e. The molecule has 0 saturated carbocycles. The van der Waals surface area contributed by atoms with Crippen molar-refractivity contribution >= 4 is 43.7 Å². The van der Waals surface area contributed by atoms with E-state index in [1.807, 2.05) is 66.7 Å². The SMILES string of the molecule is c1ccc(-c2nc(-c3ccccc3)nc(-c3cc(-c4ccccc4)c4c(c3)oc3cc(-n5c6ccccc6c6ccccc65)ccc34)n2)cc1. The summed E-state index contributed by atoms with van der Waals surface area (Å²) in [6.45, 7) is 0. The number of rotatable bonds is 5. The van der Waals surface area contributed by atoms with Crippen molar-refractivity contribution in [3.05, 3.63) is 170 Å². The molecule has 0 aliphatic carbocycles. The Morgan fingerprint density at radius 1 is 0.380 bits per heavy atom. The van der Waals surface area contributed by atoms with E-state index in [1.54, 1.807) is 0 Å². The van der Waals surface area contributed by atoms with Gasteiger partial charge in [-0.15, -0.1) is 0 Å². The lowest BCUT2D eigenvalue weighted by molar-refractivity contribution is 0.669. The monoisotopic (exact) mass is 640 g/mol. The van der Waals surface area contributed by atoms with Crippen LogP contribution in [0.15, 0.2) is 174 Å². The van der Waals surface area contributed by atoms with Crippen LogP contribution in [0, 0.1) is 0 Å². The summed E-state index contributed by atoms with van der Waals surface area (Å²) in [5.74, 6) is 1.83. The van der Waals surface area contributed by atoms with Crippen LogP contribution in [0.2, 0.25) is 0 Å². The van der Waals surface area contributed by atoms with Gasteiger partial charge >= 0.3 is 0 Å². The highest BCUT2D eigenvalue weighted by molar-refractivity contribution is 6.14. The number of nitrogens with zero attached hydrogens (tertiary/aromatic N) is 4. The summed E-state index contributed by atoms with van der Waals surface area (Å²) in [5.41, 5.74) is 9.83. The summed E-state index contributed by atoms with van der Waals surface area (Å²) in [7, 11) is 0. The van der Waals surface area contributed by atoms with Crippen LogP contribution in [-0.4, -0.2) is 19.5 Å². The molecule has 3 heterocycles. The summed E-state index contributed by atoms with van der Waals surface area (Å²) in [5, 5.41) is 4.57. The van der Waals surface area contributed by atoms with Gasteiger partial charge in [0.25, 0.3) is 0 Å². The van der Waals surface area contributed by atoms with Gasteiger partial charge in [-0.25, -0.2) is 15.0 Å². The van der Waals surface area contributed by atoms with Crippen LogP contribution in [0.3, 0.4) is 0 Å². The second-order valence-corrected chi connectivity index (χ2v) is 12.5. The first-order valence-corrected chi connectivity index (χ1v) is 16.7. The van der Waals surface area contributed by atoms with E-state index in [0.29, 0.717) is 17.5 Å². The largest absolute Gasteiger partial charge is 0.456 e. The topological polar surface area (TPSA) is 56.7 Å². The third-order valence-corrected chi connectivity index (χ3v) is 9.44. The van der Waals surface area contributed by atoms with Gasteiger partial charge in [0.2, 0.25) is 0 Å². The van der Waals surface area contributed by atoms with Crippen LogP contribution in [0.4, 0.5) is 0 Å². The Labute approximate surface area is 287 Å². The van der Waals surface area contributed by atoms with E-state index in [-0.39, 0.29) is 0 Å². The van der Waals surface area contributed by atoms with Gasteiger partial charge in [0.15, 0.2) is 17.5 Å². The van der Waals surface area contributed by atoms with Crippen LogP contribution in [0.1, 0.15) is 0 Å². The zero-order valence-electron chi connectivity index (χ0n) is 26.9. The fraction of sp³-hybridized carbons (Fsp3) is 0. The number of benzene rings is 7. The third kappa shape index (κ3) is 4.60. The smallest absolute Gasteiger partial charge is 0.164 e. The zero-order chi connectivity index (χ0) is 33.0. The molecule has 5 heteroatoms. The normalized spacial score (nSPS) is 11.6. The van der Waals surface area contributed by atoms with Crippen molar-refractivity contribution in [3.8, 4) is 51.0 Å². The molecule has 3 aromatic heterocycles. The minimum absolute atomic E-state index is 0.586. The number of aromatic nitrogens is 4. The Morgan fingerprint density at radius 3 is 1.46 bits per heavy atom. The average molecular weight is 641 g/mol. The number of hydrogen-bond acceptors (Lipinski definition) is 4. The molecule has 50 heavy (non-hydrogen) atoms. The van der Waals surface area contributed by atoms with Gasteiger partial charge in [-0.05, 0) is 47.5 Å². The standard InChI is InChI=1S/C45H28N4O/c1-4-14-29(15-5-1)37-26-32(45-47-43(30-16-6-2-7-17-30)46-44(48-45)31-18-8-3-9-19-31)27-41-42(37)36-25-24-33(28-40(36)50-41)49-38-22-12-10-20-34(38)35-21-11-13-23-39(35)49/h1-28H. The summed E-state index contributed by atoms with van der Waals surface area (Å²) < 4.78 is 9.11. The van der Waals surface area contributed by atoms with Crippen molar-refractivity contribution < 1.29 is 4.42 Å². The highest BCUT2D eigenvalue weighted by Gasteiger charge is 2.20. The average Bonchev–Trinajstić information content (AvgIpc) is 3.73. The van der Waals surface area contributed by atoms with Crippen LogP contribution in [0.5, 0.6) is 0 Å². The molecule has 234 valence electrons. The van der Waals surface area contributed by atoms with E-state index in [4.69, 9.17) is 19.4 Å². The summed E-state index contributed by atoms with van der Waals surface area (Å²) in [6.07, 6.45) is 0. The van der Waals surface area contributed by atoms with Crippen molar-refractivity contribution in [2.45, 2.75) is 0 Å². The van der Waals surface area contributed by atoms with Gasteiger partial charge in [0, 0.05) is 50.0 Å². The van der Waals surface area contributed by atoms with Gasteiger partial charge in [-0.3, -0.25) is 0 Å². The van der Waals surface area contributed by atoms with Gasteiger partial charge in [0.05, 0.1) is 11.0 Å². The first kappa shape index (κ1) is 28.2. The first-order valence-electron chi connectivity index (χ1n) is 16.7. The van der Waals surface area contributed by atoms with Gasteiger partial charge < -0.3 is 8.98 Å². The third-order valence-electron chi connectivity index (χ3n) is 9.44. The lowest BCUT2D eigenvalue weighted by atomic mass is 9.96. The van der Waals surface area contributed by atoms with Crippen LogP contribution in [-0.2, 0) is 0 Å². The lowest BCUT2D eigenvalue weighted by Crippen LogP contribution is -2.00. The molecule has 0 N–H and O–H groups in total. The van der Waals surface area contributed by atoms with Gasteiger partial charge in [0.1, 0.15) is 11.2 Å². The second-order valence-electron chi connectivity index (χ2n) is 12.5. The molecule has 0 aliphatic rings. The summed E-state index contributed by atoms with van der Waals surface area (Å²) >= 11 is 0. The molecule has 7 aromatic carbocycles. The fourth-order valence-electron chi connectivity index (χ4n) is 7.15. The van der Waals surface area contributed by atoms with Gasteiger partial charge in [-0.2, -0.15) is 0 Å². The molecule has 0 spiro atoms. The number of para-hydroxylation sites is 2. The predicted molar refractivity (Wildman–Crippen MR) is 203 cm³/mol. The molecule has 0 unspecified atom stereocenters. The molecule has 5 nitrogen and oxygen atoms in total. The van der Waals surface area contributed by atoms with Crippen molar-refractivity contribution in [1.29, 1.82) is 0 Å². The molecular weight excluding hydrogens is 613 g/mol. The number of furan rings is 1. The minimum atomic E-state index is 0.586.